The summed E-state index contributed by atoms with van der Waals surface area (Å²) in [5, 5.41) is 9.67. The van der Waals surface area contributed by atoms with Gasteiger partial charge in [0.1, 0.15) is 6.04 Å². The van der Waals surface area contributed by atoms with Crippen LogP contribution in [-0.4, -0.2) is 28.6 Å². The smallest absolute Gasteiger partial charge is 0.320 e. The van der Waals surface area contributed by atoms with Gasteiger partial charge in [-0.2, -0.15) is 0 Å². The summed E-state index contributed by atoms with van der Waals surface area (Å²) >= 11 is 0. The van der Waals surface area contributed by atoms with Crippen LogP contribution < -0.4 is 0 Å². The second-order valence-corrected chi connectivity index (χ2v) is 7.31. The van der Waals surface area contributed by atoms with Crippen molar-refractivity contribution in [3.63, 3.8) is 0 Å². The Hall–Kier alpha value is -2.13. The Morgan fingerprint density at radius 1 is 1.08 bits per heavy atom. The largest absolute Gasteiger partial charge is 0.480 e. The molecule has 2 atom stereocenters. The first kappa shape index (κ1) is 17.7. The molecule has 0 radical (unpaired) electrons. The average molecular weight is 337 g/mol. The number of rotatable bonds is 5. The lowest BCUT2D eigenvalue weighted by atomic mass is 9.91. The molecular formula is C22H27NO2. The van der Waals surface area contributed by atoms with Crippen molar-refractivity contribution in [3.8, 4) is 0 Å². The molecule has 1 fully saturated rings. The molecule has 2 aromatic carbocycles. The number of benzene rings is 2. The van der Waals surface area contributed by atoms with E-state index in [1.165, 1.54) is 22.3 Å². The summed E-state index contributed by atoms with van der Waals surface area (Å²) in [4.78, 5) is 13.9. The van der Waals surface area contributed by atoms with Gasteiger partial charge in [0.15, 0.2) is 0 Å². The highest BCUT2D eigenvalue weighted by atomic mass is 16.4. The van der Waals surface area contributed by atoms with E-state index in [0.717, 1.165) is 19.4 Å². The van der Waals surface area contributed by atoms with E-state index >= 15 is 0 Å². The van der Waals surface area contributed by atoms with Gasteiger partial charge >= 0.3 is 5.97 Å². The van der Waals surface area contributed by atoms with Crippen LogP contribution in [0.1, 0.15) is 60.9 Å². The number of aryl methyl sites for hydroxylation is 1. The third-order valence-electron chi connectivity index (χ3n) is 5.31. The monoisotopic (exact) mass is 337 g/mol. The zero-order valence-corrected chi connectivity index (χ0v) is 15.3. The maximum Gasteiger partial charge on any atom is 0.320 e. The number of aliphatic carboxylic acids is 1. The van der Waals surface area contributed by atoms with Gasteiger partial charge in [-0.25, -0.2) is 0 Å². The second-order valence-electron chi connectivity index (χ2n) is 7.31. The Bertz CT molecular complexity index is 736. The molecule has 1 saturated heterocycles. The number of hydrogen-bond donors (Lipinski definition) is 1. The van der Waals surface area contributed by atoms with E-state index in [1.54, 1.807) is 0 Å². The zero-order valence-electron chi connectivity index (χ0n) is 15.3. The summed E-state index contributed by atoms with van der Waals surface area (Å²) < 4.78 is 0. The van der Waals surface area contributed by atoms with Crippen molar-refractivity contribution in [2.45, 2.75) is 51.6 Å². The van der Waals surface area contributed by atoms with Gasteiger partial charge in [0.2, 0.25) is 0 Å². The molecule has 3 rings (SSSR count). The van der Waals surface area contributed by atoms with Gasteiger partial charge in [-0.15, -0.1) is 0 Å². The number of carboxylic acids is 1. The Kier molecular flexibility index (Phi) is 5.24. The molecule has 25 heavy (non-hydrogen) atoms. The van der Waals surface area contributed by atoms with Crippen LogP contribution in [0.3, 0.4) is 0 Å². The molecule has 1 aliphatic rings. The number of carboxylic acid groups (broad SMARTS) is 1. The molecule has 0 bridgehead atoms. The molecule has 2 aromatic rings. The minimum absolute atomic E-state index is 0.00832. The molecule has 1 heterocycles. The van der Waals surface area contributed by atoms with Gasteiger partial charge in [-0.1, -0.05) is 62.4 Å². The van der Waals surface area contributed by atoms with Crippen LogP contribution in [0.2, 0.25) is 0 Å². The third kappa shape index (κ3) is 3.62. The van der Waals surface area contributed by atoms with Gasteiger partial charge in [0.25, 0.3) is 0 Å². The van der Waals surface area contributed by atoms with Gasteiger partial charge in [0.05, 0.1) is 6.04 Å². The summed E-state index contributed by atoms with van der Waals surface area (Å²) in [5.41, 5.74) is 4.89. The molecule has 3 nitrogen and oxygen atoms in total. The van der Waals surface area contributed by atoms with Gasteiger partial charge < -0.3 is 5.11 Å². The van der Waals surface area contributed by atoms with E-state index in [9.17, 15) is 9.90 Å². The topological polar surface area (TPSA) is 40.5 Å². The molecule has 0 saturated carbocycles. The fraction of sp³-hybridized carbons (Fsp3) is 0.409. The van der Waals surface area contributed by atoms with Gasteiger partial charge in [-0.05, 0) is 47.9 Å². The maximum absolute atomic E-state index is 11.8. The van der Waals surface area contributed by atoms with Crippen molar-refractivity contribution in [2.75, 3.05) is 6.54 Å². The molecular weight excluding hydrogens is 310 g/mol. The van der Waals surface area contributed by atoms with Gasteiger partial charge in [0, 0.05) is 6.54 Å². The Balaban J connectivity index is 2.06. The fourth-order valence-electron chi connectivity index (χ4n) is 3.87. The third-order valence-corrected chi connectivity index (χ3v) is 5.31. The minimum atomic E-state index is -0.713. The number of nitrogens with zero attached hydrogens (tertiary/aromatic N) is 1. The minimum Gasteiger partial charge on any atom is -0.480 e. The Labute approximate surface area is 150 Å². The van der Waals surface area contributed by atoms with Crippen molar-refractivity contribution in [1.29, 1.82) is 0 Å². The van der Waals surface area contributed by atoms with Crippen LogP contribution in [0.5, 0.6) is 0 Å². The molecule has 2 unspecified atom stereocenters. The molecule has 0 aliphatic carbocycles. The summed E-state index contributed by atoms with van der Waals surface area (Å²) in [5.74, 6) is -0.223. The number of hydrogen-bond acceptors (Lipinski definition) is 2. The van der Waals surface area contributed by atoms with E-state index in [2.05, 4.69) is 62.1 Å². The summed E-state index contributed by atoms with van der Waals surface area (Å²) in [6, 6.07) is 16.6. The standard InChI is InChI=1S/C22H27NO2/c1-15(2)17-10-12-18(13-11-17)21(19-8-5-4-7-16(19)3)23-14-6-9-20(23)22(24)25/h4-5,7-8,10-13,15,20-21H,6,9,14H2,1-3H3,(H,24,25). The normalized spacial score (nSPS) is 19.3. The molecule has 132 valence electrons. The van der Waals surface area contributed by atoms with E-state index in [4.69, 9.17) is 0 Å². The molecule has 3 heteroatoms. The summed E-state index contributed by atoms with van der Waals surface area (Å²) in [6.07, 6.45) is 1.66. The second kappa shape index (κ2) is 7.40. The first-order valence-corrected chi connectivity index (χ1v) is 9.13. The predicted octanol–water partition coefficient (Wildman–Crippen LogP) is 4.76. The highest BCUT2D eigenvalue weighted by Gasteiger charge is 2.37. The average Bonchev–Trinajstić information content (AvgIpc) is 3.07. The van der Waals surface area contributed by atoms with E-state index in [0.29, 0.717) is 5.92 Å². The van der Waals surface area contributed by atoms with Crippen molar-refractivity contribution >= 4 is 5.97 Å². The highest BCUT2D eigenvalue weighted by molar-refractivity contribution is 5.74. The van der Waals surface area contributed by atoms with E-state index in [1.807, 2.05) is 12.1 Å². The first-order valence-electron chi connectivity index (χ1n) is 9.13. The molecule has 0 spiro atoms. The lowest BCUT2D eigenvalue weighted by Gasteiger charge is -2.33. The van der Waals surface area contributed by atoms with Crippen LogP contribution in [-0.2, 0) is 4.79 Å². The van der Waals surface area contributed by atoms with E-state index in [-0.39, 0.29) is 6.04 Å². The predicted molar refractivity (Wildman–Crippen MR) is 101 cm³/mol. The molecule has 0 amide bonds. The van der Waals surface area contributed by atoms with Crippen LogP contribution in [0.25, 0.3) is 0 Å². The van der Waals surface area contributed by atoms with Crippen molar-refractivity contribution < 1.29 is 9.90 Å². The summed E-state index contributed by atoms with van der Waals surface area (Å²) in [7, 11) is 0. The SMILES string of the molecule is Cc1ccccc1C(c1ccc(C(C)C)cc1)N1CCCC1C(=O)O. The summed E-state index contributed by atoms with van der Waals surface area (Å²) in [6.45, 7) is 7.31. The van der Waals surface area contributed by atoms with Crippen LogP contribution >= 0.6 is 0 Å². The van der Waals surface area contributed by atoms with Crippen molar-refractivity contribution in [1.82, 2.24) is 4.90 Å². The Morgan fingerprint density at radius 2 is 1.72 bits per heavy atom. The van der Waals surface area contributed by atoms with Crippen LogP contribution in [0.15, 0.2) is 48.5 Å². The van der Waals surface area contributed by atoms with E-state index < -0.39 is 12.0 Å². The lowest BCUT2D eigenvalue weighted by Crippen LogP contribution is -2.39. The quantitative estimate of drug-likeness (QED) is 0.855. The maximum atomic E-state index is 11.8. The lowest BCUT2D eigenvalue weighted by molar-refractivity contribution is -0.142. The molecule has 0 aromatic heterocycles. The van der Waals surface area contributed by atoms with Crippen LogP contribution in [0, 0.1) is 6.92 Å². The van der Waals surface area contributed by atoms with Crippen LogP contribution in [0.4, 0.5) is 0 Å². The molecule has 1 N–H and O–H groups in total. The van der Waals surface area contributed by atoms with Crippen molar-refractivity contribution in [2.24, 2.45) is 0 Å². The van der Waals surface area contributed by atoms with Crippen molar-refractivity contribution in [3.05, 3.63) is 70.8 Å². The highest BCUT2D eigenvalue weighted by Crippen LogP contribution is 2.36. The Morgan fingerprint density at radius 3 is 2.32 bits per heavy atom. The number of carbonyl (C=O) groups is 1. The fourth-order valence-corrected chi connectivity index (χ4v) is 3.87. The first-order chi connectivity index (χ1) is 12.0. The number of likely N-dealkylation sites (tertiary alicyclic amines) is 1. The molecule has 1 aliphatic heterocycles. The zero-order chi connectivity index (χ0) is 18.0. The van der Waals surface area contributed by atoms with Gasteiger partial charge in [-0.3, -0.25) is 9.69 Å².